The van der Waals surface area contributed by atoms with Crippen molar-refractivity contribution in [2.75, 3.05) is 12.3 Å². The lowest BCUT2D eigenvalue weighted by atomic mass is 10.0. The first-order valence-corrected chi connectivity index (χ1v) is 9.42. The van der Waals surface area contributed by atoms with E-state index in [-0.39, 0.29) is 20.3 Å². The molecule has 0 radical (unpaired) electrons. The van der Waals surface area contributed by atoms with Gasteiger partial charge in [-0.25, -0.2) is 9.59 Å². The van der Waals surface area contributed by atoms with Crippen molar-refractivity contribution >= 4 is 28.1 Å². The summed E-state index contributed by atoms with van der Waals surface area (Å²) in [5, 5.41) is 29.8. The third-order valence-corrected chi connectivity index (χ3v) is 5.79. The summed E-state index contributed by atoms with van der Waals surface area (Å²) in [6.07, 6.45) is -5.16. The predicted molar refractivity (Wildman–Crippen MR) is 99.3 cm³/mol. The number of hydrogen-bond donors (Lipinski definition) is 3. The van der Waals surface area contributed by atoms with Gasteiger partial charge in [0.1, 0.15) is 18.0 Å². The minimum absolute atomic E-state index is 0.119. The summed E-state index contributed by atoms with van der Waals surface area (Å²) in [6.45, 7) is 0.161. The van der Waals surface area contributed by atoms with Crippen LogP contribution in [-0.2, 0) is 20.0 Å². The van der Waals surface area contributed by atoms with Gasteiger partial charge in [0.25, 0.3) is 0 Å². The van der Waals surface area contributed by atoms with E-state index in [1.54, 1.807) is 0 Å². The van der Waals surface area contributed by atoms with Crippen molar-refractivity contribution in [3.63, 3.8) is 0 Å². The smallest absolute Gasteiger partial charge is 0.367 e. The molecule has 1 saturated heterocycles. The molecule has 4 atom stereocenters. The molecule has 0 spiro atoms. The zero-order chi connectivity index (χ0) is 23.1. The molecule has 15 heteroatoms. The lowest BCUT2D eigenvalue weighted by molar-refractivity contribution is -0.380. The standard InChI is InChI=1S/C16H16F2N4O8S/c1-7(9-2-3-11(31-9)22(27)28)29-13(25)16(21-5-4-10(19)20-14(21)26)15(17,18)12(24)8(6-23)30-16/h2-5,7-8,12,23-24H,6H2,1H3,(H2,19,20,26)/t7?,8-,12-,16-/m1/s1. The van der Waals surface area contributed by atoms with Crippen LogP contribution in [-0.4, -0.2) is 55.4 Å². The fraction of sp³-hybridized carbons (Fsp3) is 0.438. The molecule has 12 nitrogen and oxygen atoms in total. The summed E-state index contributed by atoms with van der Waals surface area (Å²) < 4.78 is 40.6. The number of aliphatic hydroxyl groups excluding tert-OH is 2. The number of ether oxygens (including phenoxy) is 2. The van der Waals surface area contributed by atoms with Crippen molar-refractivity contribution in [1.82, 2.24) is 9.55 Å². The zero-order valence-electron chi connectivity index (χ0n) is 15.7. The van der Waals surface area contributed by atoms with Crippen LogP contribution in [0, 0.1) is 10.1 Å². The first-order chi connectivity index (χ1) is 14.5. The minimum Gasteiger partial charge on any atom is -0.453 e. The van der Waals surface area contributed by atoms with Crippen LogP contribution >= 0.6 is 11.3 Å². The fourth-order valence-corrected chi connectivity index (χ4v) is 3.85. The van der Waals surface area contributed by atoms with Gasteiger partial charge in [0.05, 0.1) is 16.4 Å². The number of nitrogen functional groups attached to an aromatic ring is 1. The quantitative estimate of drug-likeness (QED) is 0.303. The highest BCUT2D eigenvalue weighted by Crippen LogP contribution is 2.48. The topological polar surface area (TPSA) is 180 Å². The van der Waals surface area contributed by atoms with Gasteiger partial charge in [0, 0.05) is 12.3 Å². The lowest BCUT2D eigenvalue weighted by Gasteiger charge is -2.33. The molecular weight excluding hydrogens is 446 g/mol. The van der Waals surface area contributed by atoms with Crippen molar-refractivity contribution in [1.29, 1.82) is 0 Å². The zero-order valence-corrected chi connectivity index (χ0v) is 16.5. The summed E-state index contributed by atoms with van der Waals surface area (Å²) in [4.78, 5) is 38.9. The molecule has 0 aliphatic carbocycles. The fourth-order valence-electron chi connectivity index (χ4n) is 3.05. The molecule has 0 bridgehead atoms. The van der Waals surface area contributed by atoms with Crippen LogP contribution in [0.25, 0.3) is 0 Å². The maximum atomic E-state index is 15.2. The molecule has 1 fully saturated rings. The van der Waals surface area contributed by atoms with Crippen molar-refractivity contribution in [3.05, 3.63) is 49.9 Å². The molecule has 2 aromatic heterocycles. The van der Waals surface area contributed by atoms with Crippen LogP contribution in [0.3, 0.4) is 0 Å². The van der Waals surface area contributed by atoms with Gasteiger partial charge in [-0.1, -0.05) is 11.3 Å². The monoisotopic (exact) mass is 462 g/mol. The van der Waals surface area contributed by atoms with Crippen molar-refractivity contribution in [2.24, 2.45) is 0 Å². The maximum Gasteiger partial charge on any atom is 0.367 e. The number of hydrogen-bond acceptors (Lipinski definition) is 11. The SMILES string of the molecule is CC(OC(=O)[C@@]1(n2ccc(N)nc2=O)O[C@H](CO)[C@@H](O)C1(F)F)c1ccc([N+](=O)[O-])s1. The molecule has 1 aliphatic heterocycles. The second kappa shape index (κ2) is 7.92. The Morgan fingerprint density at radius 1 is 1.52 bits per heavy atom. The highest BCUT2D eigenvalue weighted by atomic mass is 32.1. The number of anilines is 1. The number of halogens is 2. The van der Waals surface area contributed by atoms with Crippen LogP contribution in [0.2, 0.25) is 0 Å². The number of thiophene rings is 1. The largest absolute Gasteiger partial charge is 0.453 e. The van der Waals surface area contributed by atoms with Crippen LogP contribution in [0.5, 0.6) is 0 Å². The van der Waals surface area contributed by atoms with E-state index >= 15 is 8.78 Å². The summed E-state index contributed by atoms with van der Waals surface area (Å²) in [5.74, 6) is -6.56. The Labute approximate surface area is 175 Å². The van der Waals surface area contributed by atoms with Gasteiger partial charge >= 0.3 is 28.3 Å². The first-order valence-electron chi connectivity index (χ1n) is 8.61. The second-order valence-electron chi connectivity index (χ2n) is 6.54. The molecule has 1 unspecified atom stereocenters. The van der Waals surface area contributed by atoms with Gasteiger partial charge in [0.2, 0.25) is 0 Å². The summed E-state index contributed by atoms with van der Waals surface area (Å²) in [7, 11) is 0. The Hall–Kier alpha value is -3.01. The van der Waals surface area contributed by atoms with Crippen LogP contribution in [0.15, 0.2) is 29.2 Å². The van der Waals surface area contributed by atoms with E-state index < -0.39 is 53.1 Å². The molecule has 2 aromatic rings. The van der Waals surface area contributed by atoms with Gasteiger partial charge in [0.15, 0.2) is 6.10 Å². The first kappa shape index (κ1) is 22.7. The molecule has 3 rings (SSSR count). The van der Waals surface area contributed by atoms with Gasteiger partial charge in [-0.15, -0.1) is 0 Å². The van der Waals surface area contributed by atoms with Crippen LogP contribution in [0.4, 0.5) is 19.6 Å². The Bertz CT molecular complexity index is 1080. The van der Waals surface area contributed by atoms with Gasteiger partial charge < -0.3 is 25.4 Å². The van der Waals surface area contributed by atoms with Crippen LogP contribution < -0.4 is 11.4 Å². The Morgan fingerprint density at radius 2 is 2.19 bits per heavy atom. The number of alkyl halides is 2. The van der Waals surface area contributed by atoms with Gasteiger partial charge in [-0.2, -0.15) is 13.8 Å². The number of aromatic nitrogens is 2. The Morgan fingerprint density at radius 3 is 2.71 bits per heavy atom. The summed E-state index contributed by atoms with van der Waals surface area (Å²) in [6, 6.07) is 3.35. The number of rotatable bonds is 6. The molecule has 1 aliphatic rings. The maximum absolute atomic E-state index is 15.2. The molecule has 0 saturated carbocycles. The Kier molecular flexibility index (Phi) is 5.79. The average Bonchev–Trinajstić information content (AvgIpc) is 3.26. The molecule has 4 N–H and O–H groups in total. The lowest BCUT2D eigenvalue weighted by Crippen LogP contribution is -2.60. The van der Waals surface area contributed by atoms with E-state index in [0.717, 1.165) is 12.1 Å². The number of aliphatic hydroxyl groups is 2. The van der Waals surface area contributed by atoms with E-state index in [1.165, 1.54) is 13.0 Å². The number of carbonyl (C=O) groups is 1. The number of carbonyl (C=O) groups excluding carboxylic acids is 1. The van der Waals surface area contributed by atoms with E-state index in [0.29, 0.717) is 17.5 Å². The average molecular weight is 462 g/mol. The van der Waals surface area contributed by atoms with E-state index in [4.69, 9.17) is 15.2 Å². The van der Waals surface area contributed by atoms with Crippen molar-refractivity contribution in [2.45, 2.75) is 36.9 Å². The van der Waals surface area contributed by atoms with Gasteiger partial charge in [-0.05, 0) is 19.1 Å². The highest BCUT2D eigenvalue weighted by Gasteiger charge is 2.75. The van der Waals surface area contributed by atoms with E-state index in [9.17, 15) is 29.9 Å². The van der Waals surface area contributed by atoms with Gasteiger partial charge in [-0.3, -0.25) is 14.7 Å². The third-order valence-electron chi connectivity index (χ3n) is 4.60. The van der Waals surface area contributed by atoms with Crippen molar-refractivity contribution in [3.8, 4) is 0 Å². The molecule has 168 valence electrons. The molecule has 0 aromatic carbocycles. The normalized spacial score (nSPS) is 25.8. The predicted octanol–water partition coefficient (Wildman–Crippen LogP) is 0.140. The molecular formula is C16H16F2N4O8S. The number of nitrogens with two attached hydrogens (primary N) is 1. The Balaban J connectivity index is 2.07. The molecule has 3 heterocycles. The van der Waals surface area contributed by atoms with Crippen LogP contribution in [0.1, 0.15) is 17.9 Å². The summed E-state index contributed by atoms with van der Waals surface area (Å²) >= 11 is 0.648. The number of nitrogens with zero attached hydrogens (tertiary/aromatic N) is 3. The third kappa shape index (κ3) is 3.54. The summed E-state index contributed by atoms with van der Waals surface area (Å²) in [5.41, 5.74) is 0.445. The number of nitro groups is 1. The molecule has 0 amide bonds. The van der Waals surface area contributed by atoms with E-state index in [1.807, 2.05) is 0 Å². The second-order valence-corrected chi connectivity index (χ2v) is 7.63. The van der Waals surface area contributed by atoms with E-state index in [2.05, 4.69) is 4.98 Å². The number of esters is 1. The molecule has 31 heavy (non-hydrogen) atoms. The minimum atomic E-state index is -4.44. The van der Waals surface area contributed by atoms with Crippen molar-refractivity contribution < 1.29 is 38.2 Å². The highest BCUT2D eigenvalue weighted by molar-refractivity contribution is 7.15.